The van der Waals surface area contributed by atoms with Gasteiger partial charge in [-0.25, -0.2) is 0 Å². The Hall–Kier alpha value is -1.38. The largest absolute Gasteiger partial charge is 0.303 e. The van der Waals surface area contributed by atoms with Crippen LogP contribution in [0.15, 0.2) is 12.4 Å². The van der Waals surface area contributed by atoms with Crippen LogP contribution in [0.4, 0.5) is 0 Å². The van der Waals surface area contributed by atoms with Crippen LogP contribution in [-0.4, -0.2) is 58.8 Å². The number of rotatable bonds is 4. The van der Waals surface area contributed by atoms with Gasteiger partial charge in [0.15, 0.2) is 0 Å². The van der Waals surface area contributed by atoms with E-state index in [1.807, 2.05) is 10.9 Å². The lowest BCUT2D eigenvalue weighted by atomic mass is 9.99. The maximum Gasteiger partial charge on any atom is 0.102 e. The molecule has 108 valence electrons. The first-order valence-corrected chi connectivity index (χ1v) is 7.63. The molecule has 0 radical (unpaired) electrons. The molecule has 2 saturated heterocycles. The van der Waals surface area contributed by atoms with Gasteiger partial charge in [-0.2, -0.15) is 10.4 Å². The van der Waals surface area contributed by atoms with Crippen molar-refractivity contribution in [3.63, 3.8) is 0 Å². The van der Waals surface area contributed by atoms with Gasteiger partial charge in [0.2, 0.25) is 0 Å². The third-order valence-corrected chi connectivity index (χ3v) is 4.74. The Balaban J connectivity index is 1.41. The van der Waals surface area contributed by atoms with Crippen LogP contribution < -0.4 is 0 Å². The first-order valence-electron chi connectivity index (χ1n) is 7.63. The molecule has 2 aliphatic rings. The van der Waals surface area contributed by atoms with Gasteiger partial charge < -0.3 is 4.90 Å². The van der Waals surface area contributed by atoms with Gasteiger partial charge >= 0.3 is 0 Å². The van der Waals surface area contributed by atoms with E-state index in [1.165, 1.54) is 38.8 Å². The van der Waals surface area contributed by atoms with Gasteiger partial charge in [0.1, 0.15) is 6.07 Å². The van der Waals surface area contributed by atoms with Gasteiger partial charge in [-0.1, -0.05) is 6.42 Å². The minimum absolute atomic E-state index is 0.459. The molecule has 1 aromatic heterocycles. The minimum Gasteiger partial charge on any atom is -0.303 e. The molecular weight excluding hydrogens is 250 g/mol. The van der Waals surface area contributed by atoms with Gasteiger partial charge in [0.25, 0.3) is 0 Å². The molecule has 20 heavy (non-hydrogen) atoms. The average Bonchev–Trinajstić information content (AvgIpc) is 2.87. The van der Waals surface area contributed by atoms with Gasteiger partial charge in [0.05, 0.1) is 17.8 Å². The van der Waals surface area contributed by atoms with E-state index < -0.39 is 0 Å². The molecule has 0 aromatic carbocycles. The topological polar surface area (TPSA) is 48.1 Å². The Kier molecular flexibility index (Phi) is 4.04. The van der Waals surface area contributed by atoms with Crippen LogP contribution in [0.5, 0.6) is 0 Å². The summed E-state index contributed by atoms with van der Waals surface area (Å²) in [6.45, 7) is 4.60. The summed E-state index contributed by atoms with van der Waals surface area (Å²) in [5.41, 5.74) is 0.660. The van der Waals surface area contributed by atoms with Crippen molar-refractivity contribution in [2.75, 3.05) is 33.2 Å². The van der Waals surface area contributed by atoms with Crippen molar-refractivity contribution in [1.29, 1.82) is 5.26 Å². The first kappa shape index (κ1) is 13.6. The molecule has 0 saturated carbocycles. The molecule has 1 unspecified atom stereocenters. The Morgan fingerprint density at radius 3 is 2.95 bits per heavy atom. The number of nitrogens with zero attached hydrogens (tertiary/aromatic N) is 5. The minimum atomic E-state index is 0.459. The van der Waals surface area contributed by atoms with E-state index in [4.69, 9.17) is 5.26 Å². The van der Waals surface area contributed by atoms with Crippen LogP contribution in [0, 0.1) is 11.3 Å². The molecule has 3 rings (SSSR count). The summed E-state index contributed by atoms with van der Waals surface area (Å²) in [4.78, 5) is 5.02. The summed E-state index contributed by atoms with van der Waals surface area (Å²) in [5, 5.41) is 13.1. The molecular formula is C15H23N5. The Bertz CT molecular complexity index is 483. The standard InChI is InChI=1S/C15H23N5/c1-18-6-3-2-4-14(18)5-7-19-11-15(12-19)20-10-13(8-16)9-17-20/h9-10,14-15H,2-7,11-12H2,1H3. The molecule has 2 fully saturated rings. The fourth-order valence-electron chi connectivity index (χ4n) is 3.33. The van der Waals surface area contributed by atoms with Crippen molar-refractivity contribution in [1.82, 2.24) is 19.6 Å². The van der Waals surface area contributed by atoms with E-state index in [-0.39, 0.29) is 0 Å². The highest BCUT2D eigenvalue weighted by molar-refractivity contribution is 5.22. The molecule has 0 amide bonds. The fraction of sp³-hybridized carbons (Fsp3) is 0.733. The SMILES string of the molecule is CN1CCCCC1CCN1CC(n2cc(C#N)cn2)C1. The van der Waals surface area contributed by atoms with Crippen LogP contribution in [0.2, 0.25) is 0 Å². The number of hydrogen-bond donors (Lipinski definition) is 0. The molecule has 0 spiro atoms. The molecule has 1 atom stereocenters. The molecule has 2 aliphatic heterocycles. The molecule has 0 N–H and O–H groups in total. The first-order chi connectivity index (χ1) is 9.76. The number of nitriles is 1. The van der Waals surface area contributed by atoms with Crippen LogP contribution in [0.25, 0.3) is 0 Å². The summed E-state index contributed by atoms with van der Waals surface area (Å²) in [6.07, 6.45) is 8.90. The summed E-state index contributed by atoms with van der Waals surface area (Å²) in [5.74, 6) is 0. The lowest BCUT2D eigenvalue weighted by Gasteiger charge is -2.41. The third kappa shape index (κ3) is 2.87. The zero-order valence-electron chi connectivity index (χ0n) is 12.2. The molecule has 5 nitrogen and oxygen atoms in total. The normalized spacial score (nSPS) is 25.3. The van der Waals surface area contributed by atoms with E-state index in [0.29, 0.717) is 11.6 Å². The van der Waals surface area contributed by atoms with Crippen molar-refractivity contribution >= 4 is 0 Å². The predicted molar refractivity (Wildman–Crippen MR) is 77.3 cm³/mol. The summed E-state index contributed by atoms with van der Waals surface area (Å²) < 4.78 is 1.95. The van der Waals surface area contributed by atoms with E-state index in [2.05, 4.69) is 28.0 Å². The van der Waals surface area contributed by atoms with Gasteiger partial charge in [-0.05, 0) is 39.4 Å². The quantitative estimate of drug-likeness (QED) is 0.834. The zero-order valence-corrected chi connectivity index (χ0v) is 12.2. The zero-order chi connectivity index (χ0) is 13.9. The van der Waals surface area contributed by atoms with E-state index in [0.717, 1.165) is 19.1 Å². The van der Waals surface area contributed by atoms with E-state index >= 15 is 0 Å². The third-order valence-electron chi connectivity index (χ3n) is 4.74. The van der Waals surface area contributed by atoms with Crippen LogP contribution >= 0.6 is 0 Å². The Morgan fingerprint density at radius 2 is 2.25 bits per heavy atom. The lowest BCUT2D eigenvalue weighted by Crippen LogP contribution is -2.49. The molecule has 0 aliphatic carbocycles. The summed E-state index contributed by atoms with van der Waals surface area (Å²) in [6, 6.07) is 3.37. The Labute approximate surface area is 120 Å². The van der Waals surface area contributed by atoms with Crippen LogP contribution in [0.3, 0.4) is 0 Å². The highest BCUT2D eigenvalue weighted by Crippen LogP contribution is 2.23. The van der Waals surface area contributed by atoms with Crippen molar-refractivity contribution in [2.45, 2.75) is 37.8 Å². The van der Waals surface area contributed by atoms with Gasteiger partial charge in [0, 0.05) is 25.3 Å². The van der Waals surface area contributed by atoms with E-state index in [1.54, 1.807) is 6.20 Å². The van der Waals surface area contributed by atoms with Gasteiger partial charge in [-0.3, -0.25) is 9.58 Å². The maximum absolute atomic E-state index is 8.81. The predicted octanol–water partition coefficient (Wildman–Crippen LogP) is 1.49. The van der Waals surface area contributed by atoms with Crippen LogP contribution in [-0.2, 0) is 0 Å². The van der Waals surface area contributed by atoms with Crippen molar-refractivity contribution in [3.8, 4) is 6.07 Å². The lowest BCUT2D eigenvalue weighted by molar-refractivity contribution is 0.0786. The highest BCUT2D eigenvalue weighted by Gasteiger charge is 2.29. The fourth-order valence-corrected chi connectivity index (χ4v) is 3.33. The average molecular weight is 273 g/mol. The second-order valence-electron chi connectivity index (χ2n) is 6.15. The number of hydrogen-bond acceptors (Lipinski definition) is 4. The van der Waals surface area contributed by atoms with E-state index in [9.17, 15) is 0 Å². The molecule has 5 heteroatoms. The molecule has 0 bridgehead atoms. The van der Waals surface area contributed by atoms with Crippen molar-refractivity contribution in [3.05, 3.63) is 18.0 Å². The number of likely N-dealkylation sites (tertiary alicyclic amines) is 2. The smallest absolute Gasteiger partial charge is 0.102 e. The van der Waals surface area contributed by atoms with Crippen molar-refractivity contribution < 1.29 is 0 Å². The monoisotopic (exact) mass is 273 g/mol. The molecule has 1 aromatic rings. The Morgan fingerprint density at radius 1 is 1.40 bits per heavy atom. The summed E-state index contributed by atoms with van der Waals surface area (Å²) >= 11 is 0. The van der Waals surface area contributed by atoms with Gasteiger partial charge in [-0.15, -0.1) is 0 Å². The molecule has 3 heterocycles. The number of piperidine rings is 1. The maximum atomic E-state index is 8.81. The second-order valence-corrected chi connectivity index (χ2v) is 6.15. The summed E-state index contributed by atoms with van der Waals surface area (Å²) in [7, 11) is 2.26. The van der Waals surface area contributed by atoms with Crippen LogP contribution in [0.1, 0.15) is 37.3 Å². The highest BCUT2D eigenvalue weighted by atomic mass is 15.4. The second kappa shape index (κ2) is 5.94. The number of aromatic nitrogens is 2. The van der Waals surface area contributed by atoms with Crippen molar-refractivity contribution in [2.24, 2.45) is 0 Å².